The molecule has 0 N–H and O–H groups in total. The Morgan fingerprint density at radius 2 is 2.07 bits per heavy atom. The van der Waals surface area contributed by atoms with E-state index in [1.54, 1.807) is 0 Å². The average Bonchev–Trinajstić information content (AvgIpc) is 2.26. The van der Waals surface area contributed by atoms with Crippen molar-refractivity contribution in [3.63, 3.8) is 0 Å². The summed E-state index contributed by atoms with van der Waals surface area (Å²) in [7, 11) is 0. The first-order valence-corrected chi connectivity index (χ1v) is 5.59. The summed E-state index contributed by atoms with van der Waals surface area (Å²) in [4.78, 5) is 4.20. The molecule has 14 heavy (non-hydrogen) atoms. The molecule has 0 spiro atoms. The lowest BCUT2D eigenvalue weighted by Crippen LogP contribution is -1.80. The highest BCUT2D eigenvalue weighted by molar-refractivity contribution is 9.09. The minimum Gasteiger partial charge on any atom is -0.263 e. The summed E-state index contributed by atoms with van der Waals surface area (Å²) in [5.41, 5.74) is 1.17. The molecule has 0 unspecified atom stereocenters. The van der Waals surface area contributed by atoms with Crippen LogP contribution in [0.15, 0.2) is 42.7 Å². The number of halogens is 1. The summed E-state index contributed by atoms with van der Waals surface area (Å²) in [5, 5.41) is 3.31. The SMILES string of the molecule is BrC/C=C/c1cncc2ccccc12. The topological polar surface area (TPSA) is 12.9 Å². The molecular formula is C12H10BrN. The maximum absolute atomic E-state index is 4.20. The van der Waals surface area contributed by atoms with Crippen LogP contribution in [0, 0.1) is 0 Å². The molecule has 2 rings (SSSR count). The Hall–Kier alpha value is -1.15. The van der Waals surface area contributed by atoms with E-state index in [4.69, 9.17) is 0 Å². The number of fused-ring (bicyclic) bond motifs is 1. The zero-order chi connectivity index (χ0) is 9.80. The van der Waals surface area contributed by atoms with Crippen molar-refractivity contribution in [1.29, 1.82) is 0 Å². The molecule has 0 amide bonds. The summed E-state index contributed by atoms with van der Waals surface area (Å²) in [6, 6.07) is 8.27. The molecule has 0 saturated heterocycles. The Morgan fingerprint density at radius 1 is 1.21 bits per heavy atom. The molecule has 1 aromatic carbocycles. The highest BCUT2D eigenvalue weighted by Gasteiger charge is 1.96. The van der Waals surface area contributed by atoms with Gasteiger partial charge in [0.25, 0.3) is 0 Å². The van der Waals surface area contributed by atoms with E-state index in [0.717, 1.165) is 5.33 Å². The summed E-state index contributed by atoms with van der Waals surface area (Å²) in [6.07, 6.45) is 7.94. The van der Waals surface area contributed by atoms with Gasteiger partial charge in [-0.1, -0.05) is 52.3 Å². The molecule has 0 aliphatic carbocycles. The number of hydrogen-bond donors (Lipinski definition) is 0. The van der Waals surface area contributed by atoms with Crippen molar-refractivity contribution in [2.75, 3.05) is 5.33 Å². The van der Waals surface area contributed by atoms with Gasteiger partial charge >= 0.3 is 0 Å². The molecule has 0 fully saturated rings. The molecule has 1 nitrogen and oxygen atoms in total. The molecule has 0 aliphatic heterocycles. The second-order valence-electron chi connectivity index (χ2n) is 3.01. The highest BCUT2D eigenvalue weighted by atomic mass is 79.9. The second-order valence-corrected chi connectivity index (χ2v) is 3.65. The van der Waals surface area contributed by atoms with Crippen molar-refractivity contribution >= 4 is 32.8 Å². The van der Waals surface area contributed by atoms with Crippen molar-refractivity contribution in [2.45, 2.75) is 0 Å². The fourth-order valence-electron chi connectivity index (χ4n) is 1.44. The molecule has 70 valence electrons. The number of rotatable bonds is 2. The van der Waals surface area contributed by atoms with Gasteiger partial charge in [-0.15, -0.1) is 0 Å². The fraction of sp³-hybridized carbons (Fsp3) is 0.0833. The monoisotopic (exact) mass is 247 g/mol. The third-order valence-electron chi connectivity index (χ3n) is 2.09. The smallest absolute Gasteiger partial charge is 0.0346 e. The van der Waals surface area contributed by atoms with Crippen molar-refractivity contribution in [2.24, 2.45) is 0 Å². The number of aromatic nitrogens is 1. The number of nitrogens with zero attached hydrogens (tertiary/aromatic N) is 1. The molecule has 2 heteroatoms. The quantitative estimate of drug-likeness (QED) is 0.739. The van der Waals surface area contributed by atoms with Crippen LogP contribution >= 0.6 is 15.9 Å². The van der Waals surface area contributed by atoms with Gasteiger partial charge < -0.3 is 0 Å². The molecule has 0 saturated carbocycles. The lowest BCUT2D eigenvalue weighted by molar-refractivity contribution is 1.35. The summed E-state index contributed by atoms with van der Waals surface area (Å²) in [5.74, 6) is 0. The van der Waals surface area contributed by atoms with Gasteiger partial charge in [-0.25, -0.2) is 0 Å². The zero-order valence-electron chi connectivity index (χ0n) is 7.65. The van der Waals surface area contributed by atoms with Gasteiger partial charge in [-0.2, -0.15) is 0 Å². The Bertz CT molecular complexity index is 457. The van der Waals surface area contributed by atoms with Gasteiger partial charge in [0.1, 0.15) is 0 Å². The van der Waals surface area contributed by atoms with Gasteiger partial charge in [0, 0.05) is 28.7 Å². The lowest BCUT2D eigenvalue weighted by Gasteiger charge is -2.00. The van der Waals surface area contributed by atoms with E-state index in [0.29, 0.717) is 0 Å². The number of pyridine rings is 1. The standard InChI is InChI=1S/C12H10BrN/c13-7-3-5-11-9-14-8-10-4-1-2-6-12(10)11/h1-6,8-9H,7H2/b5-3+. The largest absolute Gasteiger partial charge is 0.263 e. The lowest BCUT2D eigenvalue weighted by atomic mass is 10.1. The molecule has 0 aliphatic rings. The Balaban J connectivity index is 2.59. The molecule has 0 radical (unpaired) electrons. The van der Waals surface area contributed by atoms with Crippen LogP contribution in [0.4, 0.5) is 0 Å². The number of hydrogen-bond acceptors (Lipinski definition) is 1. The highest BCUT2D eigenvalue weighted by Crippen LogP contribution is 2.17. The third kappa shape index (κ3) is 1.85. The first kappa shape index (κ1) is 9.41. The third-order valence-corrected chi connectivity index (χ3v) is 2.46. The molecular weight excluding hydrogens is 238 g/mol. The number of allylic oxidation sites excluding steroid dienone is 1. The second kappa shape index (κ2) is 4.38. The first-order valence-electron chi connectivity index (χ1n) is 4.47. The molecule has 0 bridgehead atoms. The van der Waals surface area contributed by atoms with Crippen LogP contribution in [0.25, 0.3) is 16.8 Å². The maximum Gasteiger partial charge on any atom is 0.0346 e. The Labute approximate surface area is 91.6 Å². The van der Waals surface area contributed by atoms with Crippen LogP contribution in [-0.2, 0) is 0 Å². The average molecular weight is 248 g/mol. The van der Waals surface area contributed by atoms with Gasteiger partial charge in [0.05, 0.1) is 0 Å². The predicted octanol–water partition coefficient (Wildman–Crippen LogP) is 3.64. The molecule has 2 aromatic rings. The van der Waals surface area contributed by atoms with E-state index >= 15 is 0 Å². The minimum absolute atomic E-state index is 0.871. The van der Waals surface area contributed by atoms with Crippen LogP contribution in [0.2, 0.25) is 0 Å². The van der Waals surface area contributed by atoms with Crippen LogP contribution in [0.5, 0.6) is 0 Å². The van der Waals surface area contributed by atoms with Crippen LogP contribution in [0.3, 0.4) is 0 Å². The zero-order valence-corrected chi connectivity index (χ0v) is 9.24. The van der Waals surface area contributed by atoms with Crippen molar-refractivity contribution < 1.29 is 0 Å². The van der Waals surface area contributed by atoms with E-state index in [9.17, 15) is 0 Å². The van der Waals surface area contributed by atoms with Gasteiger partial charge in [-0.05, 0) is 5.39 Å². The van der Waals surface area contributed by atoms with E-state index in [1.165, 1.54) is 16.3 Å². The Morgan fingerprint density at radius 3 is 2.93 bits per heavy atom. The van der Waals surface area contributed by atoms with Crippen molar-refractivity contribution in [3.05, 3.63) is 48.3 Å². The number of benzene rings is 1. The first-order chi connectivity index (χ1) is 6.92. The van der Waals surface area contributed by atoms with Crippen molar-refractivity contribution in [3.8, 4) is 0 Å². The van der Waals surface area contributed by atoms with Crippen molar-refractivity contribution in [1.82, 2.24) is 4.98 Å². The summed E-state index contributed by atoms with van der Waals surface area (Å²) < 4.78 is 0. The van der Waals surface area contributed by atoms with E-state index in [2.05, 4.69) is 45.2 Å². The van der Waals surface area contributed by atoms with Crippen LogP contribution in [-0.4, -0.2) is 10.3 Å². The molecule has 0 atom stereocenters. The van der Waals surface area contributed by atoms with Crippen LogP contribution < -0.4 is 0 Å². The minimum atomic E-state index is 0.871. The van der Waals surface area contributed by atoms with Gasteiger partial charge in [0.2, 0.25) is 0 Å². The van der Waals surface area contributed by atoms with Gasteiger partial charge in [0.15, 0.2) is 0 Å². The molecule has 1 aromatic heterocycles. The predicted molar refractivity (Wildman–Crippen MR) is 64.6 cm³/mol. The fourth-order valence-corrected chi connectivity index (χ4v) is 1.63. The Kier molecular flexibility index (Phi) is 2.94. The summed E-state index contributed by atoms with van der Waals surface area (Å²) in [6.45, 7) is 0. The summed E-state index contributed by atoms with van der Waals surface area (Å²) >= 11 is 3.36. The van der Waals surface area contributed by atoms with Gasteiger partial charge in [-0.3, -0.25) is 4.98 Å². The van der Waals surface area contributed by atoms with Crippen LogP contribution in [0.1, 0.15) is 5.56 Å². The van der Waals surface area contributed by atoms with E-state index in [-0.39, 0.29) is 0 Å². The normalized spacial score (nSPS) is 11.2. The maximum atomic E-state index is 4.20. The number of alkyl halides is 1. The molecule has 1 heterocycles. The van der Waals surface area contributed by atoms with E-state index in [1.807, 2.05) is 24.5 Å². The van der Waals surface area contributed by atoms with E-state index < -0.39 is 0 Å².